The number of halogens is 3. The second-order valence-electron chi connectivity index (χ2n) is 6.49. The summed E-state index contributed by atoms with van der Waals surface area (Å²) in [6, 6.07) is 8.15. The molecule has 5 nitrogen and oxygen atoms in total. The van der Waals surface area contributed by atoms with Gasteiger partial charge in [0.25, 0.3) is 11.8 Å². The minimum atomic E-state index is -1.67. The van der Waals surface area contributed by atoms with Gasteiger partial charge in [-0.1, -0.05) is 6.07 Å². The van der Waals surface area contributed by atoms with Gasteiger partial charge in [-0.2, -0.15) is 0 Å². The van der Waals surface area contributed by atoms with Crippen LogP contribution < -0.4 is 10.1 Å². The van der Waals surface area contributed by atoms with Crippen LogP contribution in [0.15, 0.2) is 36.4 Å². The fraction of sp³-hybridized carbons (Fsp3) is 0.300. The molecule has 0 spiro atoms. The lowest BCUT2D eigenvalue weighted by molar-refractivity contribution is 0.0697. The predicted molar refractivity (Wildman–Crippen MR) is 95.7 cm³/mol. The third-order valence-electron chi connectivity index (χ3n) is 4.71. The van der Waals surface area contributed by atoms with Gasteiger partial charge in [-0.15, -0.1) is 0 Å². The molecule has 0 aliphatic carbocycles. The normalized spacial score (nSPS) is 14.6. The Morgan fingerprint density at radius 3 is 2.46 bits per heavy atom. The van der Waals surface area contributed by atoms with Crippen LogP contribution in [0.5, 0.6) is 5.75 Å². The van der Waals surface area contributed by atoms with Crippen molar-refractivity contribution in [2.75, 3.05) is 20.2 Å². The highest BCUT2D eigenvalue weighted by Crippen LogP contribution is 2.19. The summed E-state index contributed by atoms with van der Waals surface area (Å²) in [7, 11) is 1.52. The lowest BCUT2D eigenvalue weighted by Crippen LogP contribution is -2.46. The smallest absolute Gasteiger partial charge is 0.254 e. The van der Waals surface area contributed by atoms with E-state index >= 15 is 0 Å². The Labute approximate surface area is 160 Å². The average molecular weight is 392 g/mol. The minimum absolute atomic E-state index is 0.143. The molecule has 2 aromatic carbocycles. The van der Waals surface area contributed by atoms with Gasteiger partial charge in [0.05, 0.1) is 12.7 Å². The summed E-state index contributed by atoms with van der Waals surface area (Å²) < 4.78 is 45.2. The number of nitrogens with zero attached hydrogens (tertiary/aromatic N) is 1. The van der Waals surface area contributed by atoms with Gasteiger partial charge >= 0.3 is 0 Å². The van der Waals surface area contributed by atoms with Crippen LogP contribution in [0.25, 0.3) is 0 Å². The summed E-state index contributed by atoms with van der Waals surface area (Å²) in [6.45, 7) is 0.808. The first-order valence-corrected chi connectivity index (χ1v) is 8.78. The van der Waals surface area contributed by atoms with Crippen LogP contribution in [0.3, 0.4) is 0 Å². The van der Waals surface area contributed by atoms with Crippen LogP contribution in [-0.4, -0.2) is 43.0 Å². The van der Waals surface area contributed by atoms with Crippen LogP contribution >= 0.6 is 0 Å². The number of carbonyl (C=O) groups is 2. The third kappa shape index (κ3) is 4.11. The second-order valence-corrected chi connectivity index (χ2v) is 6.49. The number of likely N-dealkylation sites (tertiary alicyclic amines) is 1. The van der Waals surface area contributed by atoms with Crippen molar-refractivity contribution in [1.82, 2.24) is 10.2 Å². The predicted octanol–water partition coefficient (Wildman–Crippen LogP) is 3.15. The number of rotatable bonds is 4. The first kappa shape index (κ1) is 19.7. The molecule has 0 bridgehead atoms. The number of benzene rings is 2. The van der Waals surface area contributed by atoms with Gasteiger partial charge in [0, 0.05) is 24.7 Å². The van der Waals surface area contributed by atoms with E-state index < -0.39 is 28.9 Å². The molecule has 0 unspecified atom stereocenters. The van der Waals surface area contributed by atoms with E-state index in [1.54, 1.807) is 29.2 Å². The molecule has 0 saturated carbocycles. The topological polar surface area (TPSA) is 58.6 Å². The van der Waals surface area contributed by atoms with Gasteiger partial charge in [-0.05, 0) is 43.2 Å². The zero-order chi connectivity index (χ0) is 20.3. The van der Waals surface area contributed by atoms with E-state index in [0.29, 0.717) is 43.3 Å². The van der Waals surface area contributed by atoms with Crippen LogP contribution in [-0.2, 0) is 0 Å². The average Bonchev–Trinajstić information content (AvgIpc) is 2.72. The van der Waals surface area contributed by atoms with E-state index in [1.807, 2.05) is 0 Å². The molecule has 1 fully saturated rings. The van der Waals surface area contributed by atoms with E-state index in [0.717, 1.165) is 6.07 Å². The molecular weight excluding hydrogens is 373 g/mol. The monoisotopic (exact) mass is 392 g/mol. The van der Waals surface area contributed by atoms with Crippen LogP contribution in [0.2, 0.25) is 0 Å². The number of methoxy groups -OCH3 is 1. The Hall–Kier alpha value is -3.03. The van der Waals surface area contributed by atoms with E-state index in [9.17, 15) is 22.8 Å². The molecule has 148 valence electrons. The molecule has 2 aromatic rings. The van der Waals surface area contributed by atoms with E-state index in [4.69, 9.17) is 4.74 Å². The molecule has 0 aromatic heterocycles. The lowest BCUT2D eigenvalue weighted by atomic mass is 10.0. The van der Waals surface area contributed by atoms with Crippen molar-refractivity contribution in [3.63, 3.8) is 0 Å². The highest BCUT2D eigenvalue weighted by atomic mass is 19.2. The SMILES string of the molecule is COc1cccc(C(=O)N2CCC(NC(=O)c3ccc(F)c(F)c3F)CC2)c1. The van der Waals surface area contributed by atoms with Crippen molar-refractivity contribution >= 4 is 11.8 Å². The van der Waals surface area contributed by atoms with Gasteiger partial charge in [-0.3, -0.25) is 9.59 Å². The van der Waals surface area contributed by atoms with E-state index in [-0.39, 0.29) is 11.9 Å². The van der Waals surface area contributed by atoms with Gasteiger partial charge < -0.3 is 15.0 Å². The molecule has 2 amide bonds. The number of piperidine rings is 1. The molecule has 0 radical (unpaired) electrons. The number of hydrogen-bond donors (Lipinski definition) is 1. The van der Waals surface area contributed by atoms with Crippen molar-refractivity contribution in [3.8, 4) is 5.75 Å². The summed E-state index contributed by atoms with van der Waals surface area (Å²) in [5.74, 6) is -4.90. The van der Waals surface area contributed by atoms with Crippen molar-refractivity contribution in [2.45, 2.75) is 18.9 Å². The molecule has 1 aliphatic heterocycles. The number of hydrogen-bond acceptors (Lipinski definition) is 3. The fourth-order valence-electron chi connectivity index (χ4n) is 3.13. The largest absolute Gasteiger partial charge is 0.497 e. The molecule has 0 atom stereocenters. The van der Waals surface area contributed by atoms with E-state index in [2.05, 4.69) is 5.32 Å². The van der Waals surface area contributed by atoms with Crippen LogP contribution in [0, 0.1) is 17.5 Å². The Morgan fingerprint density at radius 1 is 1.07 bits per heavy atom. The number of nitrogens with one attached hydrogen (secondary N) is 1. The Bertz CT molecular complexity index is 896. The summed E-state index contributed by atoms with van der Waals surface area (Å²) in [4.78, 5) is 26.4. The van der Waals surface area contributed by atoms with Gasteiger partial charge in [0.1, 0.15) is 5.75 Å². The number of carbonyl (C=O) groups excluding carboxylic acids is 2. The lowest BCUT2D eigenvalue weighted by Gasteiger charge is -2.32. The van der Waals surface area contributed by atoms with Crippen LogP contribution in [0.4, 0.5) is 13.2 Å². The quantitative estimate of drug-likeness (QED) is 0.814. The summed E-state index contributed by atoms with van der Waals surface area (Å²) in [5, 5.41) is 2.61. The summed E-state index contributed by atoms with van der Waals surface area (Å²) >= 11 is 0. The molecule has 3 rings (SSSR count). The van der Waals surface area contributed by atoms with E-state index in [1.165, 1.54) is 7.11 Å². The maximum atomic E-state index is 13.7. The first-order valence-electron chi connectivity index (χ1n) is 8.78. The molecule has 1 aliphatic rings. The maximum absolute atomic E-state index is 13.7. The molecule has 1 N–H and O–H groups in total. The summed E-state index contributed by atoms with van der Waals surface area (Å²) in [5.41, 5.74) is -0.0421. The molecule has 8 heteroatoms. The van der Waals surface area contributed by atoms with Crippen molar-refractivity contribution in [1.29, 1.82) is 0 Å². The second kappa shape index (κ2) is 8.33. The zero-order valence-electron chi connectivity index (χ0n) is 15.2. The van der Waals surface area contributed by atoms with Crippen LogP contribution in [0.1, 0.15) is 33.6 Å². The van der Waals surface area contributed by atoms with Crippen molar-refractivity contribution in [2.24, 2.45) is 0 Å². The Kier molecular flexibility index (Phi) is 5.87. The summed E-state index contributed by atoms with van der Waals surface area (Å²) in [6.07, 6.45) is 0.930. The van der Waals surface area contributed by atoms with Gasteiger partial charge in [0.2, 0.25) is 0 Å². The first-order chi connectivity index (χ1) is 13.4. The highest BCUT2D eigenvalue weighted by Gasteiger charge is 2.26. The number of amides is 2. The standard InChI is InChI=1S/C20H19F3N2O3/c1-28-14-4-2-3-12(11-14)20(27)25-9-7-13(8-10-25)24-19(26)15-5-6-16(21)18(23)17(15)22/h2-6,11,13H,7-10H2,1H3,(H,24,26). The molecular formula is C20H19F3N2O3. The number of ether oxygens (including phenoxy) is 1. The Balaban J connectivity index is 1.59. The third-order valence-corrected chi connectivity index (χ3v) is 4.71. The zero-order valence-corrected chi connectivity index (χ0v) is 15.2. The fourth-order valence-corrected chi connectivity index (χ4v) is 3.13. The molecule has 28 heavy (non-hydrogen) atoms. The molecule has 1 saturated heterocycles. The van der Waals surface area contributed by atoms with Crippen molar-refractivity contribution < 1.29 is 27.5 Å². The minimum Gasteiger partial charge on any atom is -0.497 e. The van der Waals surface area contributed by atoms with Crippen molar-refractivity contribution in [3.05, 3.63) is 65.0 Å². The maximum Gasteiger partial charge on any atom is 0.254 e. The highest BCUT2D eigenvalue weighted by molar-refractivity contribution is 5.95. The van der Waals surface area contributed by atoms with Gasteiger partial charge in [0.15, 0.2) is 17.5 Å². The van der Waals surface area contributed by atoms with Gasteiger partial charge in [-0.25, -0.2) is 13.2 Å². The molecule has 1 heterocycles. The Morgan fingerprint density at radius 2 is 1.79 bits per heavy atom.